The smallest absolute Gasteiger partial charge is 0.236 e. The van der Waals surface area contributed by atoms with Gasteiger partial charge in [0.2, 0.25) is 5.91 Å². The van der Waals surface area contributed by atoms with Gasteiger partial charge in [-0.1, -0.05) is 13.3 Å². The summed E-state index contributed by atoms with van der Waals surface area (Å²) in [6.07, 6.45) is 4.90. The van der Waals surface area contributed by atoms with Gasteiger partial charge >= 0.3 is 0 Å². The largest absolute Gasteiger partial charge is 0.378 e. The van der Waals surface area contributed by atoms with E-state index in [1.54, 1.807) is 0 Å². The Balaban J connectivity index is 1.79. The molecule has 0 aromatic rings. The topological polar surface area (TPSA) is 44.8 Å². The number of likely N-dealkylation sites (tertiary alicyclic amines) is 1. The summed E-state index contributed by atoms with van der Waals surface area (Å²) in [5.74, 6) is 0.274. The number of carbonyl (C=O) groups excluding carboxylic acids is 1. The first kappa shape index (κ1) is 15.7. The maximum Gasteiger partial charge on any atom is 0.236 e. The van der Waals surface area contributed by atoms with Crippen LogP contribution in [-0.4, -0.2) is 74.2 Å². The molecule has 2 aliphatic rings. The molecular weight excluding hydrogens is 254 g/mol. The molecule has 0 aliphatic carbocycles. The number of carbonyl (C=O) groups is 1. The van der Waals surface area contributed by atoms with Crippen molar-refractivity contribution in [3.63, 3.8) is 0 Å². The van der Waals surface area contributed by atoms with Gasteiger partial charge in [0.05, 0.1) is 19.8 Å². The highest BCUT2D eigenvalue weighted by atomic mass is 16.5. The van der Waals surface area contributed by atoms with Crippen LogP contribution < -0.4 is 5.32 Å². The van der Waals surface area contributed by atoms with Gasteiger partial charge in [0.25, 0.3) is 0 Å². The third kappa shape index (κ3) is 4.72. The predicted octanol–water partition coefficient (Wildman–Crippen LogP) is 0.699. The molecule has 2 rings (SSSR count). The first-order valence-electron chi connectivity index (χ1n) is 8.11. The zero-order valence-electron chi connectivity index (χ0n) is 12.8. The van der Waals surface area contributed by atoms with E-state index in [2.05, 4.69) is 17.1 Å². The van der Waals surface area contributed by atoms with Crippen molar-refractivity contribution >= 4 is 5.91 Å². The van der Waals surface area contributed by atoms with E-state index in [-0.39, 0.29) is 5.91 Å². The van der Waals surface area contributed by atoms with Gasteiger partial charge < -0.3 is 15.0 Å². The van der Waals surface area contributed by atoms with Crippen LogP contribution in [0.1, 0.15) is 32.6 Å². The molecule has 2 saturated heterocycles. The van der Waals surface area contributed by atoms with Crippen LogP contribution in [-0.2, 0) is 9.53 Å². The Morgan fingerprint density at radius 1 is 1.25 bits per heavy atom. The Morgan fingerprint density at radius 3 is 2.80 bits per heavy atom. The van der Waals surface area contributed by atoms with E-state index >= 15 is 0 Å². The molecule has 1 unspecified atom stereocenters. The summed E-state index contributed by atoms with van der Waals surface area (Å²) in [6, 6.07) is 0.528. The highest BCUT2D eigenvalue weighted by Crippen LogP contribution is 2.16. The Labute approximate surface area is 122 Å². The van der Waals surface area contributed by atoms with Crippen molar-refractivity contribution < 1.29 is 9.53 Å². The average Bonchev–Trinajstić information content (AvgIpc) is 2.50. The Kier molecular flexibility index (Phi) is 6.76. The molecule has 20 heavy (non-hydrogen) atoms. The Morgan fingerprint density at radius 2 is 2.05 bits per heavy atom. The third-order valence-corrected chi connectivity index (χ3v) is 4.26. The Bertz CT molecular complexity index is 293. The van der Waals surface area contributed by atoms with E-state index in [0.29, 0.717) is 25.8 Å². The molecular formula is C15H29N3O2. The van der Waals surface area contributed by atoms with Crippen LogP contribution in [0.15, 0.2) is 0 Å². The summed E-state index contributed by atoms with van der Waals surface area (Å²) >= 11 is 0. The lowest BCUT2D eigenvalue weighted by Crippen LogP contribution is -2.51. The summed E-state index contributed by atoms with van der Waals surface area (Å²) in [5, 5.41) is 3.50. The van der Waals surface area contributed by atoms with Crippen molar-refractivity contribution in [1.82, 2.24) is 15.1 Å². The minimum Gasteiger partial charge on any atom is -0.378 e. The van der Waals surface area contributed by atoms with Gasteiger partial charge in [0.15, 0.2) is 0 Å². The summed E-state index contributed by atoms with van der Waals surface area (Å²) in [6.45, 7) is 8.81. The summed E-state index contributed by atoms with van der Waals surface area (Å²) in [7, 11) is 0. The van der Waals surface area contributed by atoms with Crippen LogP contribution in [0, 0.1) is 0 Å². The molecule has 0 aromatic carbocycles. The van der Waals surface area contributed by atoms with E-state index in [9.17, 15) is 4.79 Å². The van der Waals surface area contributed by atoms with Gasteiger partial charge in [-0.05, 0) is 32.4 Å². The molecule has 116 valence electrons. The highest BCUT2D eigenvalue weighted by molar-refractivity contribution is 5.78. The van der Waals surface area contributed by atoms with E-state index in [1.807, 2.05) is 4.90 Å². The maximum atomic E-state index is 12.4. The molecule has 2 heterocycles. The quantitative estimate of drug-likeness (QED) is 0.729. The number of ether oxygens (including phenoxy) is 1. The molecule has 5 nitrogen and oxygen atoms in total. The van der Waals surface area contributed by atoms with Crippen LogP contribution >= 0.6 is 0 Å². The molecule has 5 heteroatoms. The lowest BCUT2D eigenvalue weighted by Gasteiger charge is -2.37. The van der Waals surface area contributed by atoms with Gasteiger partial charge in [-0.3, -0.25) is 9.69 Å². The fraction of sp³-hybridized carbons (Fsp3) is 0.933. The van der Waals surface area contributed by atoms with Gasteiger partial charge in [-0.15, -0.1) is 0 Å². The maximum absolute atomic E-state index is 12.4. The zero-order valence-corrected chi connectivity index (χ0v) is 12.8. The second-order valence-electron chi connectivity index (χ2n) is 5.82. The second-order valence-corrected chi connectivity index (χ2v) is 5.82. The fourth-order valence-corrected chi connectivity index (χ4v) is 3.03. The number of piperidine rings is 1. The molecule has 2 fully saturated rings. The molecule has 1 atom stereocenters. The fourth-order valence-electron chi connectivity index (χ4n) is 3.03. The van der Waals surface area contributed by atoms with Crippen molar-refractivity contribution in [1.29, 1.82) is 0 Å². The van der Waals surface area contributed by atoms with E-state index in [0.717, 1.165) is 32.7 Å². The number of amides is 1. The zero-order chi connectivity index (χ0) is 14.2. The molecule has 0 spiro atoms. The van der Waals surface area contributed by atoms with Crippen molar-refractivity contribution in [3.8, 4) is 0 Å². The van der Waals surface area contributed by atoms with Crippen molar-refractivity contribution in [3.05, 3.63) is 0 Å². The normalized spacial score (nSPS) is 24.9. The molecule has 0 saturated carbocycles. The van der Waals surface area contributed by atoms with Gasteiger partial charge in [0.1, 0.15) is 0 Å². The summed E-state index contributed by atoms with van der Waals surface area (Å²) in [4.78, 5) is 16.7. The van der Waals surface area contributed by atoms with Gasteiger partial charge in [-0.2, -0.15) is 0 Å². The molecule has 0 aromatic heterocycles. The standard InChI is InChI=1S/C15H29N3O2/c1-2-6-16-12-14-5-3-4-7-18(14)13-15(19)17-8-10-20-11-9-17/h14,16H,2-13H2,1H3. The van der Waals surface area contributed by atoms with Crippen LogP contribution in [0.3, 0.4) is 0 Å². The predicted molar refractivity (Wildman–Crippen MR) is 79.8 cm³/mol. The van der Waals surface area contributed by atoms with Crippen LogP contribution in [0.25, 0.3) is 0 Å². The highest BCUT2D eigenvalue weighted by Gasteiger charge is 2.26. The number of hydrogen-bond acceptors (Lipinski definition) is 4. The number of rotatable bonds is 6. The first-order valence-corrected chi connectivity index (χ1v) is 8.11. The first-order chi connectivity index (χ1) is 9.81. The Hall–Kier alpha value is -0.650. The monoisotopic (exact) mass is 283 g/mol. The van der Waals surface area contributed by atoms with Crippen molar-refractivity contribution in [2.45, 2.75) is 38.6 Å². The van der Waals surface area contributed by atoms with Crippen LogP contribution in [0.5, 0.6) is 0 Å². The summed E-state index contributed by atoms with van der Waals surface area (Å²) in [5.41, 5.74) is 0. The van der Waals surface area contributed by atoms with Crippen LogP contribution in [0.2, 0.25) is 0 Å². The number of nitrogens with zero attached hydrogens (tertiary/aromatic N) is 2. The lowest BCUT2D eigenvalue weighted by molar-refractivity contribution is -0.137. The van der Waals surface area contributed by atoms with E-state index in [4.69, 9.17) is 4.74 Å². The molecule has 0 bridgehead atoms. The molecule has 2 aliphatic heterocycles. The lowest BCUT2D eigenvalue weighted by atomic mass is 10.0. The average molecular weight is 283 g/mol. The van der Waals surface area contributed by atoms with Gasteiger partial charge in [0, 0.05) is 25.7 Å². The molecule has 1 N–H and O–H groups in total. The SMILES string of the molecule is CCCNCC1CCCCN1CC(=O)N1CCOCC1. The van der Waals surface area contributed by atoms with E-state index in [1.165, 1.54) is 25.7 Å². The molecule has 1 amide bonds. The summed E-state index contributed by atoms with van der Waals surface area (Å²) < 4.78 is 5.31. The minimum absolute atomic E-state index is 0.274. The molecule has 0 radical (unpaired) electrons. The van der Waals surface area contributed by atoms with Crippen molar-refractivity contribution in [2.75, 3.05) is 52.5 Å². The number of morpholine rings is 1. The second kappa shape index (κ2) is 8.60. The van der Waals surface area contributed by atoms with E-state index < -0.39 is 0 Å². The minimum atomic E-state index is 0.274. The van der Waals surface area contributed by atoms with Gasteiger partial charge in [-0.25, -0.2) is 0 Å². The number of hydrogen-bond donors (Lipinski definition) is 1. The number of nitrogens with one attached hydrogen (secondary N) is 1. The van der Waals surface area contributed by atoms with Crippen LogP contribution in [0.4, 0.5) is 0 Å². The van der Waals surface area contributed by atoms with Crippen molar-refractivity contribution in [2.24, 2.45) is 0 Å². The third-order valence-electron chi connectivity index (χ3n) is 4.26.